The van der Waals surface area contributed by atoms with Crippen molar-refractivity contribution in [2.24, 2.45) is 11.8 Å². The number of rotatable bonds is 2. The topological polar surface area (TPSA) is 52.6 Å². The molecule has 4 nitrogen and oxygen atoms in total. The molecule has 0 aromatic heterocycles. The number of ether oxygens (including phenoxy) is 2. The normalized spacial score (nSPS) is 26.6. The first-order valence-corrected chi connectivity index (χ1v) is 5.66. The Bertz CT molecular complexity index is 431. The fourth-order valence-electron chi connectivity index (χ4n) is 2.49. The van der Waals surface area contributed by atoms with Crippen molar-refractivity contribution in [3.8, 4) is 0 Å². The maximum Gasteiger partial charge on any atom is 0.333 e. The average Bonchev–Trinajstić information content (AvgIpc) is 3.08. The number of fused-ring (bicyclic) bond motifs is 1. The van der Waals surface area contributed by atoms with Crippen molar-refractivity contribution >= 4 is 11.9 Å². The Morgan fingerprint density at radius 1 is 1.18 bits per heavy atom. The van der Waals surface area contributed by atoms with E-state index in [1.54, 1.807) is 0 Å². The second kappa shape index (κ2) is 4.35. The van der Waals surface area contributed by atoms with Gasteiger partial charge in [-0.3, -0.25) is 0 Å². The van der Waals surface area contributed by atoms with Crippen molar-refractivity contribution in [1.29, 1.82) is 0 Å². The molecule has 2 atom stereocenters. The first kappa shape index (κ1) is 11.9. The maximum atomic E-state index is 11.7. The summed E-state index contributed by atoms with van der Waals surface area (Å²) in [5.74, 6) is -0.282. The molecule has 0 aliphatic heterocycles. The highest BCUT2D eigenvalue weighted by molar-refractivity contribution is 5.94. The van der Waals surface area contributed by atoms with Crippen LogP contribution in [0.1, 0.15) is 19.8 Å². The zero-order valence-corrected chi connectivity index (χ0v) is 10.3. The molecule has 1 fully saturated rings. The summed E-state index contributed by atoms with van der Waals surface area (Å²) in [6, 6.07) is 0. The zero-order chi connectivity index (χ0) is 12.6. The van der Waals surface area contributed by atoms with E-state index in [-0.39, 0.29) is 23.8 Å². The van der Waals surface area contributed by atoms with E-state index in [4.69, 9.17) is 9.47 Å². The summed E-state index contributed by atoms with van der Waals surface area (Å²) in [5.41, 5.74) is 2.44. The molecule has 2 rings (SSSR count). The molecule has 17 heavy (non-hydrogen) atoms. The van der Waals surface area contributed by atoms with Gasteiger partial charge < -0.3 is 9.47 Å². The first-order valence-electron chi connectivity index (χ1n) is 5.66. The molecular weight excluding hydrogens is 220 g/mol. The van der Waals surface area contributed by atoms with Crippen molar-refractivity contribution in [3.05, 3.63) is 22.8 Å². The monoisotopic (exact) mass is 236 g/mol. The van der Waals surface area contributed by atoms with Crippen LogP contribution in [0.5, 0.6) is 0 Å². The van der Waals surface area contributed by atoms with Crippen molar-refractivity contribution < 1.29 is 19.1 Å². The van der Waals surface area contributed by atoms with Gasteiger partial charge in [-0.2, -0.15) is 0 Å². The van der Waals surface area contributed by atoms with Gasteiger partial charge in [0.25, 0.3) is 0 Å². The minimum absolute atomic E-state index is 0.133. The van der Waals surface area contributed by atoms with Crippen LogP contribution in [0.2, 0.25) is 0 Å². The minimum Gasteiger partial charge on any atom is -0.466 e. The molecule has 0 bridgehead atoms. The molecule has 1 saturated carbocycles. The van der Waals surface area contributed by atoms with E-state index in [2.05, 4.69) is 0 Å². The van der Waals surface area contributed by atoms with E-state index < -0.39 is 0 Å². The smallest absolute Gasteiger partial charge is 0.333 e. The number of allylic oxidation sites excluding steroid dienone is 2. The highest BCUT2D eigenvalue weighted by Crippen LogP contribution is 2.52. The first-order chi connectivity index (χ1) is 8.10. The van der Waals surface area contributed by atoms with E-state index in [1.165, 1.54) is 14.2 Å². The number of methoxy groups -OCH3 is 2. The average molecular weight is 236 g/mol. The summed E-state index contributed by atoms with van der Waals surface area (Å²) in [7, 11) is 2.77. The lowest BCUT2D eigenvalue weighted by atomic mass is 10.0. The van der Waals surface area contributed by atoms with Crippen LogP contribution in [0, 0.1) is 11.8 Å². The summed E-state index contributed by atoms with van der Waals surface area (Å²) in [5, 5.41) is 0. The van der Waals surface area contributed by atoms with Crippen LogP contribution in [-0.4, -0.2) is 26.2 Å². The Balaban J connectivity index is 2.26. The molecule has 0 aromatic rings. The third kappa shape index (κ3) is 1.99. The Kier molecular flexibility index (Phi) is 3.05. The number of esters is 2. The van der Waals surface area contributed by atoms with Crippen LogP contribution in [0.3, 0.4) is 0 Å². The Morgan fingerprint density at radius 3 is 2.41 bits per heavy atom. The molecule has 2 aliphatic carbocycles. The molecule has 92 valence electrons. The van der Waals surface area contributed by atoms with Gasteiger partial charge in [-0.05, 0) is 31.6 Å². The molecular formula is C13H16O4. The summed E-state index contributed by atoms with van der Waals surface area (Å²) in [4.78, 5) is 23.3. The molecule has 0 amide bonds. The van der Waals surface area contributed by atoms with Gasteiger partial charge in [-0.15, -0.1) is 0 Å². The Morgan fingerprint density at radius 2 is 1.82 bits per heavy atom. The largest absolute Gasteiger partial charge is 0.466 e. The SMILES string of the molecule is COC(=O)C1=CCC(C)=C(C(=O)OC)C2CC12. The molecule has 0 aromatic carbocycles. The second-order valence-electron chi connectivity index (χ2n) is 4.49. The summed E-state index contributed by atoms with van der Waals surface area (Å²) >= 11 is 0. The second-order valence-corrected chi connectivity index (χ2v) is 4.49. The number of hydrogen-bond acceptors (Lipinski definition) is 4. The molecule has 0 heterocycles. The Labute approximate surface area is 100 Å². The van der Waals surface area contributed by atoms with Gasteiger partial charge in [0, 0.05) is 11.1 Å². The lowest BCUT2D eigenvalue weighted by Crippen LogP contribution is -2.11. The van der Waals surface area contributed by atoms with Crippen molar-refractivity contribution in [2.45, 2.75) is 19.8 Å². The van der Waals surface area contributed by atoms with E-state index in [0.717, 1.165) is 17.6 Å². The molecule has 2 aliphatic rings. The fraction of sp³-hybridized carbons (Fsp3) is 0.538. The molecule has 4 heteroatoms. The molecule has 2 unspecified atom stereocenters. The van der Waals surface area contributed by atoms with Crippen LogP contribution < -0.4 is 0 Å². The summed E-state index contributed by atoms with van der Waals surface area (Å²) < 4.78 is 9.56. The summed E-state index contributed by atoms with van der Waals surface area (Å²) in [6.45, 7) is 1.92. The van der Waals surface area contributed by atoms with Gasteiger partial charge in [0.2, 0.25) is 0 Å². The highest BCUT2D eigenvalue weighted by atomic mass is 16.5. The fourth-order valence-corrected chi connectivity index (χ4v) is 2.49. The number of hydrogen-bond donors (Lipinski definition) is 0. The summed E-state index contributed by atoms with van der Waals surface area (Å²) in [6.07, 6.45) is 3.33. The van der Waals surface area contributed by atoms with Crippen LogP contribution in [0.25, 0.3) is 0 Å². The van der Waals surface area contributed by atoms with Gasteiger partial charge in [-0.1, -0.05) is 11.6 Å². The third-order valence-corrected chi connectivity index (χ3v) is 3.48. The van der Waals surface area contributed by atoms with Gasteiger partial charge >= 0.3 is 11.9 Å². The lowest BCUT2D eigenvalue weighted by Gasteiger charge is -2.06. The predicted molar refractivity (Wildman–Crippen MR) is 61.0 cm³/mol. The van der Waals surface area contributed by atoms with Crippen LogP contribution >= 0.6 is 0 Å². The quantitative estimate of drug-likeness (QED) is 0.683. The van der Waals surface area contributed by atoms with Crippen molar-refractivity contribution in [1.82, 2.24) is 0 Å². The predicted octanol–water partition coefficient (Wildman–Crippen LogP) is 1.62. The van der Waals surface area contributed by atoms with Crippen LogP contribution in [-0.2, 0) is 19.1 Å². The van der Waals surface area contributed by atoms with Crippen LogP contribution in [0.15, 0.2) is 22.8 Å². The van der Waals surface area contributed by atoms with Gasteiger partial charge in [0.1, 0.15) is 0 Å². The Hall–Kier alpha value is -1.58. The van der Waals surface area contributed by atoms with Gasteiger partial charge in [-0.25, -0.2) is 9.59 Å². The van der Waals surface area contributed by atoms with E-state index in [9.17, 15) is 9.59 Å². The number of carbonyl (C=O) groups is 2. The van der Waals surface area contributed by atoms with E-state index in [1.807, 2.05) is 13.0 Å². The maximum absolute atomic E-state index is 11.7. The zero-order valence-electron chi connectivity index (χ0n) is 10.3. The van der Waals surface area contributed by atoms with Crippen LogP contribution in [0.4, 0.5) is 0 Å². The highest BCUT2D eigenvalue weighted by Gasteiger charge is 2.48. The van der Waals surface area contributed by atoms with Crippen molar-refractivity contribution in [3.63, 3.8) is 0 Å². The van der Waals surface area contributed by atoms with Gasteiger partial charge in [0.15, 0.2) is 0 Å². The van der Waals surface area contributed by atoms with Gasteiger partial charge in [0.05, 0.1) is 14.2 Å². The third-order valence-electron chi connectivity index (χ3n) is 3.48. The molecule has 0 N–H and O–H groups in total. The molecule has 0 radical (unpaired) electrons. The molecule has 0 saturated heterocycles. The molecule has 0 spiro atoms. The minimum atomic E-state index is -0.281. The number of carbonyl (C=O) groups excluding carboxylic acids is 2. The standard InChI is InChI=1S/C13H16O4/c1-7-4-5-8(12(14)16-2)9-6-10(9)11(7)13(15)17-3/h5,9-10H,4,6H2,1-3H3. The van der Waals surface area contributed by atoms with E-state index in [0.29, 0.717) is 12.0 Å². The van der Waals surface area contributed by atoms with E-state index >= 15 is 0 Å². The lowest BCUT2D eigenvalue weighted by molar-refractivity contribution is -0.137. The van der Waals surface area contributed by atoms with Crippen molar-refractivity contribution in [2.75, 3.05) is 14.2 Å².